The van der Waals surface area contributed by atoms with Gasteiger partial charge in [-0.1, -0.05) is 35.9 Å². The van der Waals surface area contributed by atoms with Crippen LogP contribution in [0.25, 0.3) is 0 Å². The molecule has 2 atom stereocenters. The third-order valence-electron chi connectivity index (χ3n) is 4.38. The molecule has 110 valence electrons. The van der Waals surface area contributed by atoms with Gasteiger partial charge >= 0.3 is 0 Å². The normalized spacial score (nSPS) is 22.2. The van der Waals surface area contributed by atoms with Crippen LogP contribution in [0.2, 0.25) is 5.02 Å². The molecule has 3 heteroatoms. The number of aryl methyl sites for hydroxylation is 1. The molecule has 1 N–H and O–H groups in total. The summed E-state index contributed by atoms with van der Waals surface area (Å²) in [6.07, 6.45) is 1.01. The van der Waals surface area contributed by atoms with Gasteiger partial charge in [0.1, 0.15) is 5.82 Å². The van der Waals surface area contributed by atoms with Gasteiger partial charge in [-0.05, 0) is 60.7 Å². The Labute approximate surface area is 130 Å². The van der Waals surface area contributed by atoms with Crippen LogP contribution in [0.1, 0.15) is 34.9 Å². The van der Waals surface area contributed by atoms with E-state index < -0.39 is 0 Å². The molecule has 2 unspecified atom stereocenters. The van der Waals surface area contributed by atoms with Gasteiger partial charge in [0.2, 0.25) is 0 Å². The summed E-state index contributed by atoms with van der Waals surface area (Å²) in [6, 6.07) is 13.6. The summed E-state index contributed by atoms with van der Waals surface area (Å²) in [6.45, 7) is 3.67. The number of hydrogen-bond donors (Lipinski definition) is 1. The fourth-order valence-electron chi connectivity index (χ4n) is 3.18. The van der Waals surface area contributed by atoms with Gasteiger partial charge < -0.3 is 5.32 Å². The van der Waals surface area contributed by atoms with E-state index >= 15 is 0 Å². The number of benzene rings is 2. The van der Waals surface area contributed by atoms with Crippen molar-refractivity contribution in [3.8, 4) is 0 Å². The minimum absolute atomic E-state index is 0.115. The molecule has 1 aliphatic heterocycles. The lowest BCUT2D eigenvalue weighted by Crippen LogP contribution is -2.34. The molecule has 0 amide bonds. The Morgan fingerprint density at radius 3 is 2.67 bits per heavy atom. The van der Waals surface area contributed by atoms with Crippen molar-refractivity contribution >= 4 is 11.6 Å². The Hall–Kier alpha value is -1.38. The molecule has 1 heterocycles. The van der Waals surface area contributed by atoms with Gasteiger partial charge in [0.05, 0.1) is 0 Å². The molecule has 1 saturated heterocycles. The number of rotatable bonds is 2. The van der Waals surface area contributed by atoms with E-state index in [1.54, 1.807) is 13.0 Å². The van der Waals surface area contributed by atoms with Gasteiger partial charge in [0, 0.05) is 17.5 Å². The van der Waals surface area contributed by atoms with E-state index in [0.29, 0.717) is 17.4 Å². The second-order valence-electron chi connectivity index (χ2n) is 5.77. The van der Waals surface area contributed by atoms with Crippen LogP contribution in [0.15, 0.2) is 42.5 Å². The van der Waals surface area contributed by atoms with Crippen LogP contribution in [-0.2, 0) is 0 Å². The summed E-state index contributed by atoms with van der Waals surface area (Å²) in [4.78, 5) is 0. The van der Waals surface area contributed by atoms with E-state index in [9.17, 15) is 4.39 Å². The molecule has 2 aromatic carbocycles. The molecule has 0 aliphatic carbocycles. The van der Waals surface area contributed by atoms with Crippen LogP contribution < -0.4 is 5.32 Å². The Balaban J connectivity index is 1.96. The molecule has 0 spiro atoms. The fourth-order valence-corrected chi connectivity index (χ4v) is 3.38. The lowest BCUT2D eigenvalue weighted by Gasteiger charge is -2.33. The van der Waals surface area contributed by atoms with E-state index in [2.05, 4.69) is 17.4 Å². The minimum Gasteiger partial charge on any atom is -0.316 e. The van der Waals surface area contributed by atoms with Gasteiger partial charge in [-0.3, -0.25) is 0 Å². The molecule has 0 aromatic heterocycles. The van der Waals surface area contributed by atoms with Crippen molar-refractivity contribution in [2.75, 3.05) is 13.1 Å². The zero-order valence-electron chi connectivity index (χ0n) is 12.1. The van der Waals surface area contributed by atoms with E-state index in [0.717, 1.165) is 30.1 Å². The summed E-state index contributed by atoms with van der Waals surface area (Å²) in [5.41, 5.74) is 3.01. The first-order valence-corrected chi connectivity index (χ1v) is 7.75. The predicted molar refractivity (Wildman–Crippen MR) is 85.6 cm³/mol. The first kappa shape index (κ1) is 14.6. The Morgan fingerprint density at radius 1 is 1.10 bits per heavy atom. The van der Waals surface area contributed by atoms with Gasteiger partial charge in [-0.25, -0.2) is 4.39 Å². The Kier molecular flexibility index (Phi) is 4.27. The maximum Gasteiger partial charge on any atom is 0.126 e. The van der Waals surface area contributed by atoms with Crippen molar-refractivity contribution in [2.45, 2.75) is 25.2 Å². The Morgan fingerprint density at radius 2 is 1.90 bits per heavy atom. The quantitative estimate of drug-likeness (QED) is 0.851. The van der Waals surface area contributed by atoms with Crippen LogP contribution in [-0.4, -0.2) is 13.1 Å². The second kappa shape index (κ2) is 6.17. The lowest BCUT2D eigenvalue weighted by atomic mass is 9.77. The SMILES string of the molecule is Cc1ccc(C2CCNCC2c2cccc(Cl)c2)cc1F. The fraction of sp³-hybridized carbons (Fsp3) is 0.333. The highest BCUT2D eigenvalue weighted by atomic mass is 35.5. The maximum atomic E-state index is 13.9. The number of piperidine rings is 1. The van der Waals surface area contributed by atoms with Crippen LogP contribution in [0, 0.1) is 12.7 Å². The molecule has 0 radical (unpaired) electrons. The topological polar surface area (TPSA) is 12.0 Å². The van der Waals surface area contributed by atoms with Crippen molar-refractivity contribution < 1.29 is 4.39 Å². The standard InChI is InChI=1S/C18H19ClFN/c1-12-5-6-14(10-18(12)20)16-7-8-21-11-17(16)13-3-2-4-15(19)9-13/h2-6,9-10,16-17,21H,7-8,11H2,1H3. The zero-order valence-corrected chi connectivity index (χ0v) is 12.8. The lowest BCUT2D eigenvalue weighted by molar-refractivity contribution is 0.403. The average Bonchev–Trinajstić information content (AvgIpc) is 2.50. The molecule has 1 nitrogen and oxygen atoms in total. The molecule has 1 aliphatic rings. The summed E-state index contributed by atoms with van der Waals surface area (Å²) in [5.74, 6) is 0.551. The molecule has 2 aromatic rings. The van der Waals surface area contributed by atoms with Crippen molar-refractivity contribution in [2.24, 2.45) is 0 Å². The van der Waals surface area contributed by atoms with E-state index in [-0.39, 0.29) is 5.82 Å². The summed E-state index contributed by atoms with van der Waals surface area (Å²) >= 11 is 6.12. The summed E-state index contributed by atoms with van der Waals surface area (Å²) in [7, 11) is 0. The molecule has 0 saturated carbocycles. The average molecular weight is 304 g/mol. The van der Waals surface area contributed by atoms with Crippen molar-refractivity contribution in [1.29, 1.82) is 0 Å². The highest BCUT2D eigenvalue weighted by Crippen LogP contribution is 2.38. The largest absolute Gasteiger partial charge is 0.316 e. The van der Waals surface area contributed by atoms with Crippen LogP contribution in [0.5, 0.6) is 0 Å². The van der Waals surface area contributed by atoms with Crippen LogP contribution in [0.4, 0.5) is 4.39 Å². The van der Waals surface area contributed by atoms with E-state index in [4.69, 9.17) is 11.6 Å². The number of halogens is 2. The molecular weight excluding hydrogens is 285 g/mol. The molecule has 0 bridgehead atoms. The van der Waals surface area contributed by atoms with Crippen molar-refractivity contribution in [3.05, 3.63) is 70.0 Å². The summed E-state index contributed by atoms with van der Waals surface area (Å²) in [5, 5.41) is 4.20. The van der Waals surface area contributed by atoms with E-state index in [1.807, 2.05) is 24.3 Å². The highest BCUT2D eigenvalue weighted by molar-refractivity contribution is 6.30. The molecule has 1 fully saturated rings. The molecule has 3 rings (SSSR count). The molecular formula is C18H19ClFN. The molecule has 21 heavy (non-hydrogen) atoms. The third-order valence-corrected chi connectivity index (χ3v) is 4.62. The van der Waals surface area contributed by atoms with Crippen LogP contribution >= 0.6 is 11.6 Å². The first-order valence-electron chi connectivity index (χ1n) is 7.37. The zero-order chi connectivity index (χ0) is 14.8. The summed E-state index contributed by atoms with van der Waals surface area (Å²) < 4.78 is 13.9. The van der Waals surface area contributed by atoms with Gasteiger partial charge in [-0.2, -0.15) is 0 Å². The number of hydrogen-bond acceptors (Lipinski definition) is 1. The highest BCUT2D eigenvalue weighted by Gasteiger charge is 2.28. The first-order chi connectivity index (χ1) is 10.1. The third kappa shape index (κ3) is 3.12. The number of nitrogens with one attached hydrogen (secondary N) is 1. The predicted octanol–water partition coefficient (Wildman–Crippen LogP) is 4.65. The van der Waals surface area contributed by atoms with Gasteiger partial charge in [0.15, 0.2) is 0 Å². The van der Waals surface area contributed by atoms with E-state index in [1.165, 1.54) is 5.56 Å². The minimum atomic E-state index is -0.115. The smallest absolute Gasteiger partial charge is 0.126 e. The maximum absolute atomic E-state index is 13.9. The van der Waals surface area contributed by atoms with Crippen LogP contribution in [0.3, 0.4) is 0 Å². The second-order valence-corrected chi connectivity index (χ2v) is 6.21. The Bertz CT molecular complexity index is 641. The van der Waals surface area contributed by atoms with Gasteiger partial charge in [0.25, 0.3) is 0 Å². The van der Waals surface area contributed by atoms with Crippen molar-refractivity contribution in [1.82, 2.24) is 5.32 Å². The van der Waals surface area contributed by atoms with Gasteiger partial charge in [-0.15, -0.1) is 0 Å². The monoisotopic (exact) mass is 303 g/mol. The van der Waals surface area contributed by atoms with Crippen molar-refractivity contribution in [3.63, 3.8) is 0 Å².